The van der Waals surface area contributed by atoms with Gasteiger partial charge in [-0.15, -0.1) is 11.8 Å². The van der Waals surface area contributed by atoms with E-state index in [4.69, 9.17) is 0 Å². The number of thioether (sulfide) groups is 1. The van der Waals surface area contributed by atoms with Crippen LogP contribution in [0.2, 0.25) is 0 Å². The third kappa shape index (κ3) is 3.38. The molecule has 1 aromatic carbocycles. The van der Waals surface area contributed by atoms with Gasteiger partial charge in [-0.05, 0) is 25.5 Å². The molecule has 0 saturated carbocycles. The van der Waals surface area contributed by atoms with Gasteiger partial charge in [-0.3, -0.25) is 10.1 Å². The molecule has 0 aliphatic rings. The highest BCUT2D eigenvalue weighted by molar-refractivity contribution is 7.99. The Hall–Kier alpha value is -1.03. The minimum Gasteiger partial charge on any atom is -0.265 e. The lowest BCUT2D eigenvalue weighted by Gasteiger charge is -2.04. The lowest BCUT2D eigenvalue weighted by Crippen LogP contribution is -2.02. The Morgan fingerprint density at radius 1 is 1.43 bits per heavy atom. The maximum absolute atomic E-state index is 10.1. The third-order valence-electron chi connectivity index (χ3n) is 1.86. The number of nitrogens with zero attached hydrogens (tertiary/aromatic N) is 1. The number of aryl methyl sites for hydroxylation is 2. The number of benzene rings is 1. The second kappa shape index (κ2) is 5.00. The first-order chi connectivity index (χ1) is 6.59. The number of hydrogen-bond donors (Lipinski definition) is 0. The minimum absolute atomic E-state index is 0.0258. The summed E-state index contributed by atoms with van der Waals surface area (Å²) in [5, 5.41) is 10.1. The van der Waals surface area contributed by atoms with Gasteiger partial charge in [-0.25, -0.2) is 0 Å². The van der Waals surface area contributed by atoms with Crippen molar-refractivity contribution in [2.45, 2.75) is 18.7 Å². The second-order valence-electron chi connectivity index (χ2n) is 3.17. The molecule has 14 heavy (non-hydrogen) atoms. The van der Waals surface area contributed by atoms with Crippen LogP contribution in [0.15, 0.2) is 23.1 Å². The summed E-state index contributed by atoms with van der Waals surface area (Å²) < 4.78 is 0. The van der Waals surface area contributed by atoms with Gasteiger partial charge in [0.25, 0.3) is 0 Å². The third-order valence-corrected chi connectivity index (χ3v) is 3.02. The fourth-order valence-corrected chi connectivity index (χ4v) is 2.10. The molecule has 0 heterocycles. The van der Waals surface area contributed by atoms with E-state index in [1.54, 1.807) is 11.8 Å². The molecule has 0 aromatic heterocycles. The summed E-state index contributed by atoms with van der Waals surface area (Å²) >= 11 is 1.54. The van der Waals surface area contributed by atoms with Gasteiger partial charge in [-0.1, -0.05) is 17.7 Å². The molecular formula is C10H13NO2S. The first-order valence-corrected chi connectivity index (χ1v) is 5.40. The van der Waals surface area contributed by atoms with Crippen LogP contribution in [0.1, 0.15) is 11.1 Å². The standard InChI is InChI=1S/C10H13NO2S/c1-8-3-4-10(9(2)7-8)14-6-5-11(12)13/h3-4,7H,5-6H2,1-2H3. The molecule has 3 nitrogen and oxygen atoms in total. The smallest absolute Gasteiger partial charge is 0.213 e. The van der Waals surface area contributed by atoms with E-state index < -0.39 is 0 Å². The van der Waals surface area contributed by atoms with Crippen molar-refractivity contribution >= 4 is 11.8 Å². The molecule has 0 amide bonds. The van der Waals surface area contributed by atoms with Gasteiger partial charge in [0, 0.05) is 9.82 Å². The molecule has 76 valence electrons. The molecule has 0 N–H and O–H groups in total. The van der Waals surface area contributed by atoms with Crippen molar-refractivity contribution in [3.05, 3.63) is 39.4 Å². The fourth-order valence-electron chi connectivity index (χ4n) is 1.19. The van der Waals surface area contributed by atoms with Crippen LogP contribution < -0.4 is 0 Å². The predicted molar refractivity (Wildman–Crippen MR) is 58.5 cm³/mol. The summed E-state index contributed by atoms with van der Waals surface area (Å²) in [7, 11) is 0. The summed E-state index contributed by atoms with van der Waals surface area (Å²) in [6.07, 6.45) is 0. The van der Waals surface area contributed by atoms with Crippen LogP contribution in [0, 0.1) is 24.0 Å². The van der Waals surface area contributed by atoms with Crippen LogP contribution in [0.5, 0.6) is 0 Å². The SMILES string of the molecule is Cc1ccc(SCC[N+](=O)[O-])c(C)c1. The molecular weight excluding hydrogens is 198 g/mol. The Balaban J connectivity index is 2.55. The van der Waals surface area contributed by atoms with Crippen molar-refractivity contribution in [3.8, 4) is 0 Å². The Morgan fingerprint density at radius 2 is 2.14 bits per heavy atom. The van der Waals surface area contributed by atoms with Crippen LogP contribution in [0.3, 0.4) is 0 Å². The van der Waals surface area contributed by atoms with E-state index >= 15 is 0 Å². The lowest BCUT2D eigenvalue weighted by atomic mass is 10.2. The maximum Gasteiger partial charge on any atom is 0.213 e. The largest absolute Gasteiger partial charge is 0.265 e. The number of nitro groups is 1. The van der Waals surface area contributed by atoms with Gasteiger partial charge < -0.3 is 0 Å². The molecule has 4 heteroatoms. The van der Waals surface area contributed by atoms with E-state index in [0.717, 1.165) is 4.90 Å². The summed E-state index contributed by atoms with van der Waals surface area (Å²) in [6.45, 7) is 4.10. The lowest BCUT2D eigenvalue weighted by molar-refractivity contribution is -0.474. The van der Waals surface area contributed by atoms with Crippen LogP contribution >= 0.6 is 11.8 Å². The quantitative estimate of drug-likeness (QED) is 0.437. The second-order valence-corrected chi connectivity index (χ2v) is 4.31. The van der Waals surface area contributed by atoms with Crippen LogP contribution in [0.4, 0.5) is 0 Å². The zero-order valence-corrected chi connectivity index (χ0v) is 9.13. The Labute approximate surface area is 87.7 Å². The molecule has 0 unspecified atom stereocenters. The van der Waals surface area contributed by atoms with Crippen LogP contribution in [-0.2, 0) is 0 Å². The van der Waals surface area contributed by atoms with Crippen LogP contribution in [0.25, 0.3) is 0 Å². The topological polar surface area (TPSA) is 43.1 Å². The first kappa shape index (κ1) is 11.0. The molecule has 1 rings (SSSR count). The maximum atomic E-state index is 10.1. The van der Waals surface area contributed by atoms with Gasteiger partial charge in [0.05, 0.1) is 5.75 Å². The average molecular weight is 211 g/mol. The molecule has 0 spiro atoms. The van der Waals surface area contributed by atoms with Gasteiger partial charge in [0.2, 0.25) is 6.54 Å². The van der Waals surface area contributed by atoms with Gasteiger partial charge >= 0.3 is 0 Å². The van der Waals surface area contributed by atoms with Gasteiger partial charge in [0.15, 0.2) is 0 Å². The van der Waals surface area contributed by atoms with Crippen molar-refractivity contribution in [3.63, 3.8) is 0 Å². The minimum atomic E-state index is -0.281. The Kier molecular flexibility index (Phi) is 3.95. The number of rotatable bonds is 4. The molecule has 0 aliphatic carbocycles. The molecule has 0 bridgehead atoms. The van der Waals surface area contributed by atoms with E-state index in [2.05, 4.69) is 6.07 Å². The monoisotopic (exact) mass is 211 g/mol. The molecule has 0 fully saturated rings. The predicted octanol–water partition coefficient (Wildman–Crippen LogP) is 2.67. The van der Waals surface area contributed by atoms with E-state index in [9.17, 15) is 10.1 Å². The summed E-state index contributed by atoms with van der Waals surface area (Å²) in [5.41, 5.74) is 2.42. The van der Waals surface area contributed by atoms with Crippen LogP contribution in [-0.4, -0.2) is 17.2 Å². The summed E-state index contributed by atoms with van der Waals surface area (Å²) in [5.74, 6) is 0.539. The van der Waals surface area contributed by atoms with E-state index in [1.165, 1.54) is 11.1 Å². The zero-order chi connectivity index (χ0) is 10.6. The van der Waals surface area contributed by atoms with Crippen molar-refractivity contribution in [1.82, 2.24) is 0 Å². The first-order valence-electron chi connectivity index (χ1n) is 4.41. The van der Waals surface area contributed by atoms with Crippen molar-refractivity contribution in [2.75, 3.05) is 12.3 Å². The fraction of sp³-hybridized carbons (Fsp3) is 0.400. The summed E-state index contributed by atoms with van der Waals surface area (Å²) in [6, 6.07) is 6.14. The van der Waals surface area contributed by atoms with E-state index in [-0.39, 0.29) is 11.5 Å². The van der Waals surface area contributed by atoms with Crippen molar-refractivity contribution in [1.29, 1.82) is 0 Å². The molecule has 0 saturated heterocycles. The summed E-state index contributed by atoms with van der Waals surface area (Å²) in [4.78, 5) is 11.0. The average Bonchev–Trinajstić information content (AvgIpc) is 2.08. The Morgan fingerprint density at radius 3 is 2.71 bits per heavy atom. The Bertz CT molecular complexity index is 339. The molecule has 0 radical (unpaired) electrons. The molecule has 0 atom stereocenters. The highest BCUT2D eigenvalue weighted by Crippen LogP contribution is 2.22. The highest BCUT2D eigenvalue weighted by atomic mass is 32.2. The van der Waals surface area contributed by atoms with E-state index in [1.807, 2.05) is 26.0 Å². The van der Waals surface area contributed by atoms with Gasteiger partial charge in [-0.2, -0.15) is 0 Å². The van der Waals surface area contributed by atoms with Gasteiger partial charge in [0.1, 0.15) is 0 Å². The zero-order valence-electron chi connectivity index (χ0n) is 8.32. The number of hydrogen-bond acceptors (Lipinski definition) is 3. The van der Waals surface area contributed by atoms with Crippen molar-refractivity contribution in [2.24, 2.45) is 0 Å². The van der Waals surface area contributed by atoms with Crippen molar-refractivity contribution < 1.29 is 4.92 Å². The molecule has 1 aromatic rings. The van der Waals surface area contributed by atoms with E-state index in [0.29, 0.717) is 5.75 Å². The highest BCUT2D eigenvalue weighted by Gasteiger charge is 2.02. The normalized spacial score (nSPS) is 10.1. The molecule has 0 aliphatic heterocycles.